The molecular weight excluding hydrogens is 230 g/mol. The van der Waals surface area contributed by atoms with Crippen LogP contribution < -0.4 is 5.32 Å². The molecule has 0 amide bonds. The average Bonchev–Trinajstić information content (AvgIpc) is 2.33. The summed E-state index contributed by atoms with van der Waals surface area (Å²) in [5, 5.41) is 3.67. The van der Waals surface area contributed by atoms with Crippen molar-refractivity contribution >= 4 is 0 Å². The minimum Gasteiger partial charge on any atom is -0.311 e. The van der Waals surface area contributed by atoms with Gasteiger partial charge in [-0.05, 0) is 51.2 Å². The summed E-state index contributed by atoms with van der Waals surface area (Å²) in [6.07, 6.45) is 5.27. The maximum absolute atomic E-state index is 3.67. The molecule has 1 rings (SSSR count). The molecule has 1 aromatic rings. The van der Waals surface area contributed by atoms with Gasteiger partial charge in [-0.3, -0.25) is 0 Å². The van der Waals surface area contributed by atoms with Crippen molar-refractivity contribution in [3.05, 3.63) is 35.4 Å². The van der Waals surface area contributed by atoms with Gasteiger partial charge in [0.05, 0.1) is 0 Å². The third-order valence-corrected chi connectivity index (χ3v) is 3.66. The van der Waals surface area contributed by atoms with Crippen LogP contribution in [0.25, 0.3) is 0 Å². The van der Waals surface area contributed by atoms with E-state index in [9.17, 15) is 0 Å². The molecule has 0 aliphatic carbocycles. The van der Waals surface area contributed by atoms with Gasteiger partial charge in [0.2, 0.25) is 0 Å². The molecule has 1 heteroatoms. The molecule has 0 aromatic heterocycles. The van der Waals surface area contributed by atoms with Crippen LogP contribution in [0.2, 0.25) is 0 Å². The fourth-order valence-electron chi connectivity index (χ4n) is 2.48. The zero-order valence-electron chi connectivity index (χ0n) is 13.4. The van der Waals surface area contributed by atoms with Crippen LogP contribution in [0.3, 0.4) is 0 Å². The van der Waals surface area contributed by atoms with Crippen LogP contribution in [0, 0.1) is 6.92 Å². The zero-order valence-corrected chi connectivity index (χ0v) is 13.4. The first-order valence-corrected chi connectivity index (χ1v) is 7.74. The van der Waals surface area contributed by atoms with Crippen molar-refractivity contribution in [1.82, 2.24) is 5.32 Å². The lowest BCUT2D eigenvalue weighted by Crippen LogP contribution is -2.38. The monoisotopic (exact) mass is 261 g/mol. The molecule has 0 fully saturated rings. The van der Waals surface area contributed by atoms with Crippen LogP contribution in [0.5, 0.6) is 0 Å². The third-order valence-electron chi connectivity index (χ3n) is 3.66. The van der Waals surface area contributed by atoms with Gasteiger partial charge in [-0.1, -0.05) is 50.5 Å². The minimum atomic E-state index is 0.200. The van der Waals surface area contributed by atoms with E-state index in [2.05, 4.69) is 64.2 Å². The van der Waals surface area contributed by atoms with E-state index >= 15 is 0 Å². The molecule has 0 saturated heterocycles. The van der Waals surface area contributed by atoms with E-state index in [4.69, 9.17) is 0 Å². The summed E-state index contributed by atoms with van der Waals surface area (Å²) in [5.41, 5.74) is 3.15. The summed E-state index contributed by atoms with van der Waals surface area (Å²) in [5.74, 6) is 0.645. The first-order valence-electron chi connectivity index (χ1n) is 7.74. The Balaban J connectivity index is 2.71. The van der Waals surface area contributed by atoms with Crippen molar-refractivity contribution in [3.8, 4) is 0 Å². The van der Waals surface area contributed by atoms with Crippen LogP contribution in [0.4, 0.5) is 0 Å². The molecule has 1 atom stereocenters. The number of aryl methyl sites for hydroxylation is 1. The van der Waals surface area contributed by atoms with E-state index in [0.29, 0.717) is 5.92 Å². The lowest BCUT2D eigenvalue weighted by molar-refractivity contribution is 0.394. The summed E-state index contributed by atoms with van der Waals surface area (Å²) in [4.78, 5) is 0. The van der Waals surface area contributed by atoms with Gasteiger partial charge in [-0.2, -0.15) is 0 Å². The van der Waals surface area contributed by atoms with Gasteiger partial charge in [-0.25, -0.2) is 0 Å². The van der Waals surface area contributed by atoms with Gasteiger partial charge in [0, 0.05) is 12.1 Å². The van der Waals surface area contributed by atoms with Gasteiger partial charge >= 0.3 is 0 Å². The van der Waals surface area contributed by atoms with Crippen molar-refractivity contribution in [3.63, 3.8) is 0 Å². The van der Waals surface area contributed by atoms with Gasteiger partial charge in [0.1, 0.15) is 0 Å². The molecule has 0 saturated carbocycles. The molecule has 0 aliphatic rings. The van der Waals surface area contributed by atoms with E-state index in [-0.39, 0.29) is 5.54 Å². The molecule has 0 bridgehead atoms. The van der Waals surface area contributed by atoms with Crippen LogP contribution >= 0.6 is 0 Å². The van der Waals surface area contributed by atoms with Crippen molar-refractivity contribution in [2.75, 3.05) is 6.54 Å². The molecule has 1 unspecified atom stereocenters. The normalized spacial score (nSPS) is 13.5. The Kier molecular flexibility index (Phi) is 6.57. The highest BCUT2D eigenvalue weighted by Crippen LogP contribution is 2.25. The Labute approximate surface area is 119 Å². The minimum absolute atomic E-state index is 0.200. The maximum atomic E-state index is 3.67. The molecule has 1 aromatic carbocycles. The average molecular weight is 261 g/mol. The van der Waals surface area contributed by atoms with Crippen molar-refractivity contribution < 1.29 is 0 Å². The quantitative estimate of drug-likeness (QED) is 0.677. The van der Waals surface area contributed by atoms with E-state index in [0.717, 1.165) is 6.54 Å². The fraction of sp³-hybridized carbons (Fsp3) is 0.667. The van der Waals surface area contributed by atoms with Crippen LogP contribution in [-0.2, 0) is 0 Å². The molecule has 1 N–H and O–H groups in total. The topological polar surface area (TPSA) is 12.0 Å². The number of rotatable bonds is 7. The Hall–Kier alpha value is -0.820. The number of benzene rings is 1. The highest BCUT2D eigenvalue weighted by molar-refractivity contribution is 5.29. The molecule has 0 heterocycles. The Morgan fingerprint density at radius 3 is 2.37 bits per heavy atom. The van der Waals surface area contributed by atoms with Gasteiger partial charge in [0.15, 0.2) is 0 Å². The number of hydrogen-bond donors (Lipinski definition) is 1. The highest BCUT2D eigenvalue weighted by Gasteiger charge is 2.16. The van der Waals surface area contributed by atoms with Crippen molar-refractivity contribution in [1.29, 1.82) is 0 Å². The lowest BCUT2D eigenvalue weighted by atomic mass is 9.89. The summed E-state index contributed by atoms with van der Waals surface area (Å²) >= 11 is 0. The number of nitrogens with one attached hydrogen (secondary N) is 1. The second-order valence-electron chi connectivity index (χ2n) is 6.68. The first-order chi connectivity index (χ1) is 8.94. The predicted octanol–water partition coefficient (Wildman–Crippen LogP) is 5.05. The number of hydrogen-bond acceptors (Lipinski definition) is 1. The second kappa shape index (κ2) is 7.69. The maximum Gasteiger partial charge on any atom is 0.00967 e. The van der Waals surface area contributed by atoms with E-state index < -0.39 is 0 Å². The zero-order chi connectivity index (χ0) is 14.3. The first kappa shape index (κ1) is 16.2. The van der Waals surface area contributed by atoms with Gasteiger partial charge in [-0.15, -0.1) is 0 Å². The molecule has 19 heavy (non-hydrogen) atoms. The Morgan fingerprint density at radius 2 is 1.79 bits per heavy atom. The van der Waals surface area contributed by atoms with Crippen molar-refractivity contribution in [2.24, 2.45) is 0 Å². The molecule has 1 nitrogen and oxygen atoms in total. The molecule has 108 valence electrons. The summed E-state index contributed by atoms with van der Waals surface area (Å²) in [6, 6.07) is 8.85. The summed E-state index contributed by atoms with van der Waals surface area (Å²) in [7, 11) is 0. The summed E-state index contributed by atoms with van der Waals surface area (Å²) < 4.78 is 0. The molecular formula is C18H31N. The number of unbranched alkanes of at least 4 members (excludes halogenated alkanes) is 2. The highest BCUT2D eigenvalue weighted by atomic mass is 14.9. The molecule has 0 spiro atoms. The van der Waals surface area contributed by atoms with E-state index in [1.165, 1.54) is 36.8 Å². The Morgan fingerprint density at radius 1 is 1.11 bits per heavy atom. The molecule has 0 aliphatic heterocycles. The SMILES string of the molecule is CCCCCC(CNC(C)(C)C)c1ccccc1C. The lowest BCUT2D eigenvalue weighted by Gasteiger charge is -2.26. The Bertz CT molecular complexity index is 362. The van der Waals surface area contributed by atoms with Crippen molar-refractivity contribution in [2.45, 2.75) is 71.8 Å². The predicted molar refractivity (Wildman–Crippen MR) is 85.8 cm³/mol. The largest absolute Gasteiger partial charge is 0.311 e. The third kappa shape index (κ3) is 6.24. The van der Waals surface area contributed by atoms with Crippen LogP contribution in [0.1, 0.15) is 70.4 Å². The smallest absolute Gasteiger partial charge is 0.00967 e. The van der Waals surface area contributed by atoms with Crippen LogP contribution in [-0.4, -0.2) is 12.1 Å². The van der Waals surface area contributed by atoms with E-state index in [1.807, 2.05) is 0 Å². The van der Waals surface area contributed by atoms with Gasteiger partial charge < -0.3 is 5.32 Å². The summed E-state index contributed by atoms with van der Waals surface area (Å²) in [6.45, 7) is 12.3. The second-order valence-corrected chi connectivity index (χ2v) is 6.68. The fourth-order valence-corrected chi connectivity index (χ4v) is 2.48. The van der Waals surface area contributed by atoms with Gasteiger partial charge in [0.25, 0.3) is 0 Å². The van der Waals surface area contributed by atoms with Crippen LogP contribution in [0.15, 0.2) is 24.3 Å². The standard InChI is InChI=1S/C18H31N/c1-6-7-8-12-16(14-19-18(3,4)5)17-13-10-9-11-15(17)2/h9-11,13,16,19H,6-8,12,14H2,1-5H3. The molecule has 0 radical (unpaired) electrons. The van der Waals surface area contributed by atoms with E-state index in [1.54, 1.807) is 0 Å².